The molecular weight excluding hydrogens is 422 g/mol. The van der Waals surface area contributed by atoms with E-state index >= 15 is 0 Å². The van der Waals surface area contributed by atoms with Gasteiger partial charge in [-0.25, -0.2) is 0 Å². The Morgan fingerprint density at radius 1 is 1.00 bits per heavy atom. The van der Waals surface area contributed by atoms with E-state index < -0.39 is 0 Å². The van der Waals surface area contributed by atoms with Crippen LogP contribution >= 0.6 is 11.8 Å². The Labute approximate surface area is 193 Å². The summed E-state index contributed by atoms with van der Waals surface area (Å²) >= 11 is 1.33. The van der Waals surface area contributed by atoms with E-state index in [4.69, 9.17) is 0 Å². The zero-order valence-corrected chi connectivity index (χ0v) is 20.0. The van der Waals surface area contributed by atoms with Gasteiger partial charge in [0.15, 0.2) is 11.0 Å². The number of nitrogens with zero attached hydrogens (tertiary/aromatic N) is 3. The molecule has 0 saturated heterocycles. The molecule has 2 N–H and O–H groups in total. The third-order valence-corrected chi connectivity index (χ3v) is 6.04. The van der Waals surface area contributed by atoms with Gasteiger partial charge in [0.05, 0.1) is 12.3 Å². The Morgan fingerprint density at radius 2 is 1.72 bits per heavy atom. The molecule has 0 atom stereocenters. The average molecular weight is 452 g/mol. The molecule has 0 saturated carbocycles. The van der Waals surface area contributed by atoms with Gasteiger partial charge in [0.2, 0.25) is 5.91 Å². The standard InChI is InChI=1S/C24H29N5O2S/c1-6-29-20(13-25-23(31)19-9-7-8-15(2)12-19)27-28-24(29)32-14-21(30)26-22-17(4)10-16(3)11-18(22)5/h7-12H,6,13-14H2,1-5H3,(H,25,31)(H,26,30). The summed E-state index contributed by atoms with van der Waals surface area (Å²) in [6, 6.07) is 11.5. The quantitative estimate of drug-likeness (QED) is 0.501. The SMILES string of the molecule is CCn1c(CNC(=O)c2cccc(C)c2)nnc1SCC(=O)Nc1c(C)cc(C)cc1C. The maximum absolute atomic E-state index is 12.5. The van der Waals surface area contributed by atoms with Crippen LogP contribution in [0.3, 0.4) is 0 Å². The Balaban J connectivity index is 1.60. The van der Waals surface area contributed by atoms with Crippen molar-refractivity contribution in [3.63, 3.8) is 0 Å². The van der Waals surface area contributed by atoms with Crippen LogP contribution in [0.2, 0.25) is 0 Å². The fourth-order valence-corrected chi connectivity index (χ4v) is 4.43. The van der Waals surface area contributed by atoms with Gasteiger partial charge < -0.3 is 15.2 Å². The fourth-order valence-electron chi connectivity index (χ4n) is 3.60. The number of thioether (sulfide) groups is 1. The van der Waals surface area contributed by atoms with Crippen molar-refractivity contribution >= 4 is 29.3 Å². The van der Waals surface area contributed by atoms with E-state index in [-0.39, 0.29) is 24.1 Å². The highest BCUT2D eigenvalue weighted by molar-refractivity contribution is 7.99. The zero-order chi connectivity index (χ0) is 23.3. The summed E-state index contributed by atoms with van der Waals surface area (Å²) in [6.07, 6.45) is 0. The van der Waals surface area contributed by atoms with E-state index in [1.807, 2.05) is 57.4 Å². The van der Waals surface area contributed by atoms with Crippen molar-refractivity contribution < 1.29 is 9.59 Å². The maximum atomic E-state index is 12.5. The number of rotatable bonds is 8. The number of hydrogen-bond donors (Lipinski definition) is 2. The van der Waals surface area contributed by atoms with Gasteiger partial charge in [0.1, 0.15) is 0 Å². The van der Waals surface area contributed by atoms with Crippen LogP contribution < -0.4 is 10.6 Å². The first-order valence-electron chi connectivity index (χ1n) is 10.6. The van der Waals surface area contributed by atoms with E-state index in [1.54, 1.807) is 6.07 Å². The molecule has 0 bridgehead atoms. The van der Waals surface area contributed by atoms with Crippen molar-refractivity contribution in [3.05, 3.63) is 70.0 Å². The largest absolute Gasteiger partial charge is 0.345 e. The minimum Gasteiger partial charge on any atom is -0.345 e. The third-order valence-electron chi connectivity index (χ3n) is 5.07. The van der Waals surface area contributed by atoms with Crippen LogP contribution in [-0.4, -0.2) is 32.3 Å². The lowest BCUT2D eigenvalue weighted by Crippen LogP contribution is -2.25. The second-order valence-electron chi connectivity index (χ2n) is 7.81. The molecule has 8 heteroatoms. The van der Waals surface area contributed by atoms with Crippen LogP contribution in [0.15, 0.2) is 41.6 Å². The van der Waals surface area contributed by atoms with E-state index in [0.717, 1.165) is 22.4 Å². The number of aryl methyl sites for hydroxylation is 4. The topological polar surface area (TPSA) is 88.9 Å². The van der Waals surface area contributed by atoms with E-state index in [1.165, 1.54) is 17.3 Å². The molecule has 2 aromatic carbocycles. The van der Waals surface area contributed by atoms with Gasteiger partial charge in [-0.1, -0.05) is 47.2 Å². The second-order valence-corrected chi connectivity index (χ2v) is 8.75. The first-order valence-corrected chi connectivity index (χ1v) is 11.5. The average Bonchev–Trinajstić information content (AvgIpc) is 3.14. The molecule has 0 aliphatic carbocycles. The lowest BCUT2D eigenvalue weighted by molar-refractivity contribution is -0.113. The van der Waals surface area contributed by atoms with E-state index in [9.17, 15) is 9.59 Å². The lowest BCUT2D eigenvalue weighted by Gasteiger charge is -2.13. The first kappa shape index (κ1) is 23.5. The number of carbonyl (C=O) groups excluding carboxylic acids is 2. The van der Waals surface area contributed by atoms with Crippen LogP contribution in [-0.2, 0) is 17.9 Å². The zero-order valence-electron chi connectivity index (χ0n) is 19.2. The highest BCUT2D eigenvalue weighted by atomic mass is 32.2. The molecular formula is C24H29N5O2S. The predicted molar refractivity (Wildman–Crippen MR) is 128 cm³/mol. The summed E-state index contributed by atoms with van der Waals surface area (Å²) in [5.41, 5.74) is 5.76. The van der Waals surface area contributed by atoms with Crippen molar-refractivity contribution in [2.24, 2.45) is 0 Å². The van der Waals surface area contributed by atoms with Gasteiger partial charge in [-0.05, 0) is 57.9 Å². The summed E-state index contributed by atoms with van der Waals surface area (Å²) in [5.74, 6) is 0.629. The van der Waals surface area contributed by atoms with Gasteiger partial charge in [-0.15, -0.1) is 10.2 Å². The van der Waals surface area contributed by atoms with Crippen molar-refractivity contribution in [3.8, 4) is 0 Å². The molecule has 0 fully saturated rings. The van der Waals surface area contributed by atoms with E-state index in [2.05, 4.69) is 33.0 Å². The van der Waals surface area contributed by atoms with Crippen molar-refractivity contribution in [2.75, 3.05) is 11.1 Å². The lowest BCUT2D eigenvalue weighted by atomic mass is 10.1. The van der Waals surface area contributed by atoms with Crippen molar-refractivity contribution in [2.45, 2.75) is 52.9 Å². The summed E-state index contributed by atoms with van der Waals surface area (Å²) in [5, 5.41) is 15.0. The maximum Gasteiger partial charge on any atom is 0.251 e. The minimum absolute atomic E-state index is 0.0926. The Hall–Kier alpha value is -3.13. The number of hydrogen-bond acceptors (Lipinski definition) is 5. The number of anilines is 1. The molecule has 7 nitrogen and oxygen atoms in total. The number of amides is 2. The molecule has 32 heavy (non-hydrogen) atoms. The molecule has 0 radical (unpaired) electrons. The summed E-state index contributed by atoms with van der Waals surface area (Å²) < 4.78 is 1.91. The predicted octanol–water partition coefficient (Wildman–Crippen LogP) is 4.19. The molecule has 3 rings (SSSR count). The Morgan fingerprint density at radius 3 is 2.38 bits per heavy atom. The van der Waals surface area contributed by atoms with Crippen LogP contribution in [0, 0.1) is 27.7 Å². The summed E-state index contributed by atoms with van der Waals surface area (Å²) in [6.45, 7) is 10.9. The van der Waals surface area contributed by atoms with Gasteiger partial charge in [0, 0.05) is 17.8 Å². The summed E-state index contributed by atoms with van der Waals surface area (Å²) in [4.78, 5) is 24.9. The van der Waals surface area contributed by atoms with Gasteiger partial charge in [0.25, 0.3) is 5.91 Å². The number of nitrogens with one attached hydrogen (secondary N) is 2. The van der Waals surface area contributed by atoms with Crippen molar-refractivity contribution in [1.29, 1.82) is 0 Å². The normalized spacial score (nSPS) is 10.8. The number of carbonyl (C=O) groups is 2. The molecule has 168 valence electrons. The molecule has 1 heterocycles. The smallest absolute Gasteiger partial charge is 0.251 e. The van der Waals surface area contributed by atoms with Gasteiger partial charge in [-0.2, -0.15) is 0 Å². The molecule has 0 aliphatic heterocycles. The van der Waals surface area contributed by atoms with Gasteiger partial charge >= 0.3 is 0 Å². The van der Waals surface area contributed by atoms with E-state index in [0.29, 0.717) is 23.1 Å². The van der Waals surface area contributed by atoms with Crippen LogP contribution in [0.4, 0.5) is 5.69 Å². The minimum atomic E-state index is -0.156. The highest BCUT2D eigenvalue weighted by Crippen LogP contribution is 2.23. The number of aromatic nitrogens is 3. The monoisotopic (exact) mass is 451 g/mol. The Bertz CT molecular complexity index is 1120. The van der Waals surface area contributed by atoms with Crippen molar-refractivity contribution in [1.82, 2.24) is 20.1 Å². The molecule has 2 amide bonds. The van der Waals surface area contributed by atoms with Gasteiger partial charge in [-0.3, -0.25) is 9.59 Å². The van der Waals surface area contributed by atoms with Crippen LogP contribution in [0.1, 0.15) is 45.4 Å². The fraction of sp³-hybridized carbons (Fsp3) is 0.333. The van der Waals surface area contributed by atoms with Crippen LogP contribution in [0.5, 0.6) is 0 Å². The molecule has 0 spiro atoms. The highest BCUT2D eigenvalue weighted by Gasteiger charge is 2.15. The molecule has 0 unspecified atom stereocenters. The third kappa shape index (κ3) is 5.76. The number of benzene rings is 2. The molecule has 3 aromatic rings. The molecule has 1 aromatic heterocycles. The Kier molecular flexibility index (Phi) is 7.69. The molecule has 0 aliphatic rings. The van der Waals surface area contributed by atoms with Crippen LogP contribution in [0.25, 0.3) is 0 Å². The second kappa shape index (κ2) is 10.5. The summed E-state index contributed by atoms with van der Waals surface area (Å²) in [7, 11) is 0. The first-order chi connectivity index (χ1) is 15.3.